The fourth-order valence-electron chi connectivity index (χ4n) is 4.75. The van der Waals surface area contributed by atoms with E-state index in [0.717, 1.165) is 31.5 Å². The van der Waals surface area contributed by atoms with Gasteiger partial charge in [0.05, 0.1) is 6.04 Å². The second kappa shape index (κ2) is 10.8. The maximum Gasteiger partial charge on any atom is 0.237 e. The molecule has 0 bridgehead atoms. The van der Waals surface area contributed by atoms with E-state index in [-0.39, 0.29) is 29.9 Å². The topological polar surface area (TPSA) is 76.7 Å². The third-order valence-corrected chi connectivity index (χ3v) is 6.71. The van der Waals surface area contributed by atoms with E-state index >= 15 is 0 Å². The Morgan fingerprint density at radius 3 is 2.52 bits per heavy atom. The molecule has 2 heterocycles. The standard InChI is InChI=1S/C26H35N5O2/c1-30(2)22-10-8-20(9-11-22)15-27-21-14-24-26(33)29-17-23(31(24)18-21)12-13-25(32)28-16-19-6-4-3-5-7-19/h3-11,21,23-24,27H,12-18H2,1-2H3,(H,28,32)(H,29,33)/t21-,23-,24-/m1/s1. The molecule has 2 fully saturated rings. The molecular weight excluding hydrogens is 414 g/mol. The van der Waals surface area contributed by atoms with Gasteiger partial charge in [-0.2, -0.15) is 0 Å². The predicted octanol–water partition coefficient (Wildman–Crippen LogP) is 1.88. The molecule has 2 aliphatic rings. The fraction of sp³-hybridized carbons (Fsp3) is 0.462. The summed E-state index contributed by atoms with van der Waals surface area (Å²) in [5.74, 6) is 0.168. The summed E-state index contributed by atoms with van der Waals surface area (Å²) in [6.45, 7) is 2.78. The maximum absolute atomic E-state index is 12.5. The molecule has 0 radical (unpaired) electrons. The molecule has 7 heteroatoms. The normalized spacial score (nSPS) is 22.5. The molecule has 2 amide bonds. The largest absolute Gasteiger partial charge is 0.378 e. The van der Waals surface area contributed by atoms with E-state index in [1.807, 2.05) is 44.4 Å². The van der Waals surface area contributed by atoms with Crippen molar-refractivity contribution in [1.82, 2.24) is 20.9 Å². The van der Waals surface area contributed by atoms with Crippen molar-refractivity contribution in [3.63, 3.8) is 0 Å². The summed E-state index contributed by atoms with van der Waals surface area (Å²) in [4.78, 5) is 29.2. The molecule has 0 saturated carbocycles. The number of piperazine rings is 1. The minimum Gasteiger partial charge on any atom is -0.378 e. The van der Waals surface area contributed by atoms with E-state index in [4.69, 9.17) is 0 Å². The highest BCUT2D eigenvalue weighted by Crippen LogP contribution is 2.26. The molecule has 33 heavy (non-hydrogen) atoms. The van der Waals surface area contributed by atoms with E-state index in [9.17, 15) is 9.59 Å². The van der Waals surface area contributed by atoms with Gasteiger partial charge >= 0.3 is 0 Å². The molecule has 3 N–H and O–H groups in total. The number of carbonyl (C=O) groups excluding carboxylic acids is 2. The van der Waals surface area contributed by atoms with Crippen LogP contribution in [0.2, 0.25) is 0 Å². The summed E-state index contributed by atoms with van der Waals surface area (Å²) in [5, 5.41) is 9.69. The highest BCUT2D eigenvalue weighted by atomic mass is 16.2. The Morgan fingerprint density at radius 2 is 1.79 bits per heavy atom. The molecule has 4 rings (SSSR count). The fourth-order valence-corrected chi connectivity index (χ4v) is 4.75. The molecule has 2 saturated heterocycles. The van der Waals surface area contributed by atoms with Gasteiger partial charge in [-0.15, -0.1) is 0 Å². The van der Waals surface area contributed by atoms with Crippen LogP contribution in [0.3, 0.4) is 0 Å². The van der Waals surface area contributed by atoms with Gasteiger partial charge in [0.1, 0.15) is 0 Å². The van der Waals surface area contributed by atoms with Gasteiger partial charge in [0.15, 0.2) is 0 Å². The summed E-state index contributed by atoms with van der Waals surface area (Å²) in [6.07, 6.45) is 2.02. The minimum atomic E-state index is -0.107. The summed E-state index contributed by atoms with van der Waals surface area (Å²) in [7, 11) is 4.08. The van der Waals surface area contributed by atoms with Gasteiger partial charge in [0.2, 0.25) is 11.8 Å². The lowest BCUT2D eigenvalue weighted by Gasteiger charge is -2.37. The Kier molecular flexibility index (Phi) is 7.62. The van der Waals surface area contributed by atoms with Crippen molar-refractivity contribution in [2.75, 3.05) is 32.1 Å². The monoisotopic (exact) mass is 449 g/mol. The van der Waals surface area contributed by atoms with E-state index < -0.39 is 0 Å². The summed E-state index contributed by atoms with van der Waals surface area (Å²) in [5.41, 5.74) is 3.52. The van der Waals surface area contributed by atoms with E-state index in [1.165, 1.54) is 11.3 Å². The third kappa shape index (κ3) is 6.12. The second-order valence-corrected chi connectivity index (χ2v) is 9.29. The number of hydrogen-bond acceptors (Lipinski definition) is 5. The van der Waals surface area contributed by atoms with Crippen LogP contribution in [-0.2, 0) is 22.7 Å². The number of hydrogen-bond donors (Lipinski definition) is 3. The summed E-state index contributed by atoms with van der Waals surface area (Å²) in [6, 6.07) is 18.8. The molecule has 0 aromatic heterocycles. The number of amides is 2. The van der Waals surface area contributed by atoms with Crippen molar-refractivity contribution in [1.29, 1.82) is 0 Å². The molecule has 7 nitrogen and oxygen atoms in total. The van der Waals surface area contributed by atoms with Gasteiger partial charge in [-0.3, -0.25) is 14.5 Å². The first kappa shape index (κ1) is 23.3. The molecule has 2 aliphatic heterocycles. The predicted molar refractivity (Wildman–Crippen MR) is 131 cm³/mol. The van der Waals surface area contributed by atoms with Gasteiger partial charge in [-0.1, -0.05) is 42.5 Å². The average Bonchev–Trinajstić information content (AvgIpc) is 3.27. The lowest BCUT2D eigenvalue weighted by Crippen LogP contribution is -2.58. The lowest BCUT2D eigenvalue weighted by molar-refractivity contribution is -0.129. The Bertz CT molecular complexity index is 931. The lowest BCUT2D eigenvalue weighted by atomic mass is 10.0. The molecule has 3 atom stereocenters. The molecule has 2 aromatic rings. The third-order valence-electron chi connectivity index (χ3n) is 6.71. The number of fused-ring (bicyclic) bond motifs is 1. The second-order valence-electron chi connectivity index (χ2n) is 9.29. The number of nitrogens with one attached hydrogen (secondary N) is 3. The van der Waals surface area contributed by atoms with Gasteiger partial charge in [-0.05, 0) is 36.1 Å². The first-order chi connectivity index (χ1) is 16.0. The van der Waals surface area contributed by atoms with Crippen molar-refractivity contribution in [2.24, 2.45) is 0 Å². The first-order valence-corrected chi connectivity index (χ1v) is 11.8. The molecular formula is C26H35N5O2. The van der Waals surface area contributed by atoms with Crippen LogP contribution in [0.15, 0.2) is 54.6 Å². The highest BCUT2D eigenvalue weighted by Gasteiger charge is 2.43. The van der Waals surface area contributed by atoms with E-state index in [0.29, 0.717) is 19.5 Å². The van der Waals surface area contributed by atoms with Crippen molar-refractivity contribution in [3.05, 3.63) is 65.7 Å². The maximum atomic E-state index is 12.5. The number of anilines is 1. The number of carbonyl (C=O) groups is 2. The van der Waals surface area contributed by atoms with Crippen LogP contribution in [0, 0.1) is 0 Å². The quantitative estimate of drug-likeness (QED) is 0.545. The van der Waals surface area contributed by atoms with Crippen molar-refractivity contribution < 1.29 is 9.59 Å². The molecule has 0 aliphatic carbocycles. The van der Waals surface area contributed by atoms with Crippen molar-refractivity contribution in [2.45, 2.75) is 50.5 Å². The van der Waals surface area contributed by atoms with Crippen LogP contribution in [-0.4, -0.2) is 62.0 Å². The molecule has 0 unspecified atom stereocenters. The van der Waals surface area contributed by atoms with Crippen LogP contribution in [0.1, 0.15) is 30.4 Å². The van der Waals surface area contributed by atoms with E-state index in [1.54, 1.807) is 0 Å². The molecule has 0 spiro atoms. The molecule has 2 aromatic carbocycles. The summed E-state index contributed by atoms with van der Waals surface area (Å²) < 4.78 is 0. The Hall–Kier alpha value is -2.90. The Balaban J connectivity index is 1.25. The highest BCUT2D eigenvalue weighted by molar-refractivity contribution is 5.83. The van der Waals surface area contributed by atoms with Crippen LogP contribution in [0.5, 0.6) is 0 Å². The zero-order chi connectivity index (χ0) is 23.2. The van der Waals surface area contributed by atoms with Gasteiger partial charge in [0.25, 0.3) is 0 Å². The van der Waals surface area contributed by atoms with Gasteiger partial charge in [0, 0.05) is 64.5 Å². The average molecular weight is 450 g/mol. The minimum absolute atomic E-state index is 0.0577. The van der Waals surface area contributed by atoms with Gasteiger partial charge in [-0.25, -0.2) is 0 Å². The van der Waals surface area contributed by atoms with Crippen LogP contribution < -0.4 is 20.9 Å². The van der Waals surface area contributed by atoms with Crippen molar-refractivity contribution >= 4 is 17.5 Å². The van der Waals surface area contributed by atoms with Gasteiger partial charge < -0.3 is 20.9 Å². The van der Waals surface area contributed by atoms with Crippen molar-refractivity contribution in [3.8, 4) is 0 Å². The zero-order valence-electron chi connectivity index (χ0n) is 19.6. The Morgan fingerprint density at radius 1 is 1.06 bits per heavy atom. The summed E-state index contributed by atoms with van der Waals surface area (Å²) >= 11 is 0. The first-order valence-electron chi connectivity index (χ1n) is 11.8. The van der Waals surface area contributed by atoms with Crippen LogP contribution in [0.4, 0.5) is 5.69 Å². The van der Waals surface area contributed by atoms with Crippen LogP contribution >= 0.6 is 0 Å². The molecule has 176 valence electrons. The zero-order valence-corrected chi connectivity index (χ0v) is 19.6. The van der Waals surface area contributed by atoms with Crippen LogP contribution in [0.25, 0.3) is 0 Å². The van der Waals surface area contributed by atoms with E-state index in [2.05, 4.69) is 50.0 Å². The smallest absolute Gasteiger partial charge is 0.237 e. The number of nitrogens with zero attached hydrogens (tertiary/aromatic N) is 2. The Labute approximate surface area is 196 Å². The number of benzene rings is 2. The SMILES string of the molecule is CN(C)c1ccc(CN[C@@H]2C[C@@H]3C(=O)NC[C@@H](CCC(=O)NCc4ccccc4)N3C2)cc1. The number of rotatable bonds is 9.